The van der Waals surface area contributed by atoms with Crippen molar-refractivity contribution in [2.24, 2.45) is 7.05 Å². The number of fused-ring (bicyclic) bond motifs is 1. The summed E-state index contributed by atoms with van der Waals surface area (Å²) in [5, 5.41) is 91.9. The number of nitrogens with one attached hydrogen (secondary N) is 1. The molecule has 0 bridgehead atoms. The molecule has 16 nitrogen and oxygen atoms in total. The largest absolute Gasteiger partial charge is 0.496 e. The van der Waals surface area contributed by atoms with Crippen LogP contribution in [0.1, 0.15) is 21.5 Å². The summed E-state index contributed by atoms with van der Waals surface area (Å²) in [5.41, 5.74) is 2.38. The maximum absolute atomic E-state index is 12.6. The highest BCUT2D eigenvalue weighted by molar-refractivity contribution is 5.93. The lowest BCUT2D eigenvalue weighted by Gasteiger charge is -2.38. The summed E-state index contributed by atoms with van der Waals surface area (Å²) < 4.78 is 16.3. The van der Waals surface area contributed by atoms with Crippen molar-refractivity contribution in [1.29, 1.82) is 0 Å². The predicted octanol–water partition coefficient (Wildman–Crippen LogP) is -2.46. The predicted molar refractivity (Wildman–Crippen MR) is 134 cm³/mol. The molecule has 0 aliphatic heterocycles. The molecule has 2 aromatic carbocycles. The molecule has 1 fully saturated rings. The van der Waals surface area contributed by atoms with E-state index in [0.29, 0.717) is 28.6 Å². The van der Waals surface area contributed by atoms with Gasteiger partial charge in [0.1, 0.15) is 5.75 Å². The second-order valence-corrected chi connectivity index (χ2v) is 9.54. The zero-order valence-electron chi connectivity index (χ0n) is 21.8. The Balaban J connectivity index is 1.63. The molecule has 4 rings (SSSR count). The van der Waals surface area contributed by atoms with Gasteiger partial charge in [0.2, 0.25) is 0 Å². The Morgan fingerprint density at radius 2 is 1.44 bits per heavy atom. The van der Waals surface area contributed by atoms with Gasteiger partial charge in [-0.1, -0.05) is 6.07 Å². The molecule has 1 amide bonds. The molecular formula is C25H28N2O14. The van der Waals surface area contributed by atoms with Crippen LogP contribution >= 0.6 is 0 Å². The molecule has 16 heteroatoms. The van der Waals surface area contributed by atoms with Crippen LogP contribution in [0.25, 0.3) is 10.9 Å². The van der Waals surface area contributed by atoms with Crippen molar-refractivity contribution in [1.82, 2.24) is 4.57 Å². The number of carbonyl (C=O) groups is 2. The lowest BCUT2D eigenvalue weighted by Crippen LogP contribution is -2.69. The average molecular weight is 580 g/mol. The number of ether oxygens (including phenoxy) is 3. The highest BCUT2D eigenvalue weighted by Gasteiger charge is 2.93. The van der Waals surface area contributed by atoms with Gasteiger partial charge in [-0.15, -0.1) is 0 Å². The summed E-state index contributed by atoms with van der Waals surface area (Å²) in [5.74, 6) is -23.1. The Bertz CT molecular complexity index is 1500. The van der Waals surface area contributed by atoms with E-state index >= 15 is 0 Å². The number of hydrogen-bond donors (Lipinski definition) is 10. The van der Waals surface area contributed by atoms with E-state index in [0.717, 1.165) is 5.56 Å². The number of amides is 1. The number of methoxy groups -OCH3 is 2. The van der Waals surface area contributed by atoms with E-state index in [1.165, 1.54) is 32.4 Å². The van der Waals surface area contributed by atoms with Gasteiger partial charge in [-0.05, 0) is 41.5 Å². The van der Waals surface area contributed by atoms with Crippen LogP contribution in [-0.4, -0.2) is 106 Å². The molecule has 1 heterocycles. The molecule has 3 aromatic rings. The fraction of sp³-hybridized carbons (Fsp3) is 0.360. The third-order valence-electron chi connectivity index (χ3n) is 7.05. The molecule has 1 aliphatic rings. The Morgan fingerprint density at radius 1 is 0.829 bits per heavy atom. The van der Waals surface area contributed by atoms with Crippen molar-refractivity contribution in [2.75, 3.05) is 19.5 Å². The molecule has 41 heavy (non-hydrogen) atoms. The van der Waals surface area contributed by atoms with Gasteiger partial charge in [-0.25, -0.2) is 9.59 Å². The van der Waals surface area contributed by atoms with Gasteiger partial charge in [0.05, 0.1) is 19.8 Å². The molecule has 0 unspecified atom stereocenters. The first-order valence-corrected chi connectivity index (χ1v) is 11.7. The number of hydrogen-bond acceptors (Lipinski definition) is 14. The minimum absolute atomic E-state index is 0.0222. The van der Waals surface area contributed by atoms with Crippen molar-refractivity contribution in [2.45, 2.75) is 35.4 Å². The van der Waals surface area contributed by atoms with Crippen LogP contribution in [0.3, 0.4) is 0 Å². The molecule has 222 valence electrons. The van der Waals surface area contributed by atoms with Crippen LogP contribution in [0.5, 0.6) is 5.75 Å². The Labute approximate surface area is 230 Å². The summed E-state index contributed by atoms with van der Waals surface area (Å²) in [7, 11) is 4.45. The third kappa shape index (κ3) is 4.21. The zero-order chi connectivity index (χ0) is 30.8. The van der Waals surface area contributed by atoms with Gasteiger partial charge >= 0.3 is 17.8 Å². The number of nitrogens with zero attached hydrogens (tertiary/aromatic N) is 1. The van der Waals surface area contributed by atoms with Crippen molar-refractivity contribution in [3.8, 4) is 5.75 Å². The van der Waals surface area contributed by atoms with Crippen molar-refractivity contribution in [3.63, 3.8) is 0 Å². The molecule has 10 N–H and O–H groups in total. The molecule has 1 aromatic heterocycles. The van der Waals surface area contributed by atoms with Gasteiger partial charge in [-0.3, -0.25) is 5.32 Å². The normalized spacial score (nSPS) is 19.5. The topological polar surface area (TPSA) is 261 Å². The lowest BCUT2D eigenvalue weighted by atomic mass is 10.0. The second kappa shape index (κ2) is 9.62. The summed E-state index contributed by atoms with van der Waals surface area (Å²) in [4.78, 5) is 24.4. The minimum atomic E-state index is -4.62. The lowest BCUT2D eigenvalue weighted by molar-refractivity contribution is -0.452. The fourth-order valence-electron chi connectivity index (χ4n) is 4.65. The van der Waals surface area contributed by atoms with Gasteiger partial charge in [-0.2, -0.15) is 0 Å². The molecule has 1 aliphatic carbocycles. The third-order valence-corrected chi connectivity index (χ3v) is 7.05. The van der Waals surface area contributed by atoms with Crippen molar-refractivity contribution >= 4 is 28.7 Å². The summed E-state index contributed by atoms with van der Waals surface area (Å²) in [6.07, 6.45) is 0.302. The Kier molecular flexibility index (Phi) is 7.07. The number of carbonyl (C=O) groups excluding carboxylic acids is 2. The number of benzene rings is 2. The zero-order valence-corrected chi connectivity index (χ0v) is 21.8. The van der Waals surface area contributed by atoms with Crippen LogP contribution in [0.15, 0.2) is 42.6 Å². The van der Waals surface area contributed by atoms with E-state index in [4.69, 9.17) is 9.47 Å². The number of aromatic nitrogens is 1. The number of aliphatic hydroxyl groups is 9. The van der Waals surface area contributed by atoms with E-state index in [-0.39, 0.29) is 11.3 Å². The van der Waals surface area contributed by atoms with E-state index in [9.17, 15) is 55.5 Å². The molecule has 0 spiro atoms. The molecule has 0 atom stereocenters. The standard InChI is InChI=1S/C25H28N2O14/c1-27-11-14(8-12-4-5-13(19(28)40-3)9-18(12)39-2)16-10-15(6-7-17(16)27)26-20(29)41-25(38)23(34,35)21(30,31)22(32,33)24(25,36)37/h4-7,9-11,30-38H,8H2,1-3H3,(H,26,29). The van der Waals surface area contributed by atoms with E-state index in [1.807, 2.05) is 0 Å². The fourth-order valence-corrected chi connectivity index (χ4v) is 4.65. The van der Waals surface area contributed by atoms with Crippen molar-refractivity contribution < 1.29 is 69.8 Å². The van der Waals surface area contributed by atoms with Gasteiger partial charge in [0, 0.05) is 36.3 Å². The van der Waals surface area contributed by atoms with E-state index < -0.39 is 41.0 Å². The average Bonchev–Trinajstić information content (AvgIpc) is 3.23. The van der Waals surface area contributed by atoms with Crippen LogP contribution in [-0.2, 0) is 22.9 Å². The monoisotopic (exact) mass is 580 g/mol. The Hall–Kier alpha value is -3.84. The van der Waals surface area contributed by atoms with Crippen LogP contribution in [0, 0.1) is 0 Å². The van der Waals surface area contributed by atoms with Crippen LogP contribution < -0.4 is 10.1 Å². The summed E-state index contributed by atoms with van der Waals surface area (Å²) in [6, 6.07) is 9.19. The number of esters is 1. The highest BCUT2D eigenvalue weighted by atomic mass is 16.8. The van der Waals surface area contributed by atoms with Crippen molar-refractivity contribution in [3.05, 3.63) is 59.3 Å². The van der Waals surface area contributed by atoms with Gasteiger partial charge < -0.3 is 64.7 Å². The number of rotatable bonds is 6. The second-order valence-electron chi connectivity index (χ2n) is 9.54. The quantitative estimate of drug-likeness (QED) is 0.107. The van der Waals surface area contributed by atoms with Gasteiger partial charge in [0.25, 0.3) is 23.1 Å². The highest BCUT2D eigenvalue weighted by Crippen LogP contribution is 2.54. The Morgan fingerprint density at radius 3 is 2.00 bits per heavy atom. The maximum Gasteiger partial charge on any atom is 0.414 e. The SMILES string of the molecule is COC(=O)c1ccc(Cc2cn(C)c3ccc(NC(=O)OC4(O)C(O)(O)C(O)(O)C(O)(O)C4(O)O)cc23)c(OC)c1. The molecule has 0 saturated heterocycles. The summed E-state index contributed by atoms with van der Waals surface area (Å²) in [6.45, 7) is 0. The first kappa shape index (κ1) is 30.1. The number of anilines is 1. The smallest absolute Gasteiger partial charge is 0.414 e. The van der Waals surface area contributed by atoms with Crippen LogP contribution in [0.4, 0.5) is 10.5 Å². The van der Waals surface area contributed by atoms with Gasteiger partial charge in [0.15, 0.2) is 0 Å². The molecular weight excluding hydrogens is 552 g/mol. The number of aryl methyl sites for hydroxylation is 1. The van der Waals surface area contributed by atoms with E-state index in [1.54, 1.807) is 36.0 Å². The first-order valence-electron chi connectivity index (χ1n) is 11.7. The maximum atomic E-state index is 12.6. The summed E-state index contributed by atoms with van der Waals surface area (Å²) >= 11 is 0. The first-order chi connectivity index (χ1) is 18.9. The minimum Gasteiger partial charge on any atom is -0.496 e. The molecule has 0 radical (unpaired) electrons. The van der Waals surface area contributed by atoms with E-state index in [2.05, 4.69) is 10.1 Å². The molecule has 1 saturated carbocycles. The van der Waals surface area contributed by atoms with Crippen LogP contribution in [0.2, 0.25) is 0 Å².